The number of aliphatic hydroxyl groups excluding tert-OH is 5. The lowest BCUT2D eigenvalue weighted by atomic mass is 9.85. The molecule has 0 heterocycles. The summed E-state index contributed by atoms with van der Waals surface area (Å²) in [5.41, 5.74) is 0. The Kier molecular flexibility index (Phi) is 27.1. The molecule has 51 heavy (non-hydrogen) atoms. The van der Waals surface area contributed by atoms with E-state index in [0.717, 1.165) is 32.6 Å². The number of phosphoric ester groups is 1. The minimum Gasteiger partial charge on any atom is -0.462 e. The van der Waals surface area contributed by atoms with E-state index in [-0.39, 0.29) is 6.42 Å². The summed E-state index contributed by atoms with van der Waals surface area (Å²) in [6.45, 7) is 2.19. The molecule has 300 valence electrons. The number of ether oxygens (including phenoxy) is 2. The average molecular weight is 753 g/mol. The van der Waals surface area contributed by atoms with Gasteiger partial charge in [-0.15, -0.1) is 0 Å². The van der Waals surface area contributed by atoms with E-state index in [0.29, 0.717) is 6.42 Å². The minimum atomic E-state index is -5.07. The molecule has 6 atom stereocenters. The van der Waals surface area contributed by atoms with Gasteiger partial charge in [0.15, 0.2) is 6.10 Å². The predicted octanol–water partition coefficient (Wildman–Crippen LogP) is 5.94. The molecule has 0 aromatic heterocycles. The number of unbranched alkanes of at least 4 members (excludes halogenated alkanes) is 19. The van der Waals surface area contributed by atoms with Gasteiger partial charge in [-0.2, -0.15) is 0 Å². The highest BCUT2D eigenvalue weighted by Gasteiger charge is 2.51. The van der Waals surface area contributed by atoms with Crippen LogP contribution in [0.15, 0.2) is 12.2 Å². The first-order valence-electron chi connectivity index (χ1n) is 19.4. The van der Waals surface area contributed by atoms with Gasteiger partial charge < -0.3 is 39.9 Å². The highest BCUT2D eigenvalue weighted by atomic mass is 31.2. The van der Waals surface area contributed by atoms with Gasteiger partial charge in [0.05, 0.1) is 6.61 Å². The van der Waals surface area contributed by atoms with Crippen molar-refractivity contribution in [3.05, 3.63) is 12.2 Å². The van der Waals surface area contributed by atoms with Crippen LogP contribution in [0.3, 0.4) is 0 Å². The fourth-order valence-corrected chi connectivity index (χ4v) is 6.98. The first-order chi connectivity index (χ1) is 24.4. The monoisotopic (exact) mass is 752 g/mol. The van der Waals surface area contributed by atoms with Crippen molar-refractivity contribution in [3.63, 3.8) is 0 Å². The smallest absolute Gasteiger partial charge is 0.462 e. The molecular formula is C37H69O13P. The van der Waals surface area contributed by atoms with Crippen molar-refractivity contribution in [2.75, 3.05) is 13.2 Å². The zero-order chi connectivity index (χ0) is 37.9. The molecule has 6 N–H and O–H groups in total. The first-order valence-corrected chi connectivity index (χ1v) is 20.9. The molecule has 1 aliphatic carbocycles. The molecule has 0 saturated heterocycles. The van der Waals surface area contributed by atoms with E-state index in [1.165, 1.54) is 103 Å². The van der Waals surface area contributed by atoms with Crippen LogP contribution in [0.4, 0.5) is 0 Å². The second-order valence-electron chi connectivity index (χ2n) is 13.9. The van der Waals surface area contributed by atoms with E-state index in [4.69, 9.17) is 18.5 Å². The van der Waals surface area contributed by atoms with E-state index < -0.39 is 75.7 Å². The first kappa shape index (κ1) is 47.6. The zero-order valence-corrected chi connectivity index (χ0v) is 32.0. The van der Waals surface area contributed by atoms with Crippen LogP contribution in [0.5, 0.6) is 0 Å². The summed E-state index contributed by atoms with van der Waals surface area (Å²) in [4.78, 5) is 33.8. The van der Waals surface area contributed by atoms with Crippen molar-refractivity contribution in [1.82, 2.24) is 0 Å². The maximum absolute atomic E-state index is 12.5. The number of hydrogen-bond donors (Lipinski definition) is 6. The molecule has 1 fully saturated rings. The summed E-state index contributed by atoms with van der Waals surface area (Å²) in [6, 6.07) is 0. The van der Waals surface area contributed by atoms with Gasteiger partial charge in [0.1, 0.15) is 43.2 Å². The molecule has 0 amide bonds. The number of allylic oxidation sites excluding steroid dienone is 2. The molecule has 6 unspecified atom stereocenters. The number of esters is 2. The zero-order valence-electron chi connectivity index (χ0n) is 31.2. The quantitative estimate of drug-likeness (QED) is 0.0210. The average Bonchev–Trinajstić information content (AvgIpc) is 3.09. The Bertz CT molecular complexity index is 964. The largest absolute Gasteiger partial charge is 0.472 e. The van der Waals surface area contributed by atoms with E-state index in [2.05, 4.69) is 19.1 Å². The molecule has 14 heteroatoms. The Balaban J connectivity index is 2.13. The maximum atomic E-state index is 12.5. The van der Waals surface area contributed by atoms with Gasteiger partial charge in [0.2, 0.25) is 0 Å². The number of carbonyl (C=O) groups excluding carboxylic acids is 2. The summed E-state index contributed by atoms with van der Waals surface area (Å²) >= 11 is 0. The third-order valence-corrected chi connectivity index (χ3v) is 10.1. The lowest BCUT2D eigenvalue weighted by molar-refractivity contribution is -0.220. The van der Waals surface area contributed by atoms with Crippen LogP contribution in [-0.2, 0) is 32.7 Å². The van der Waals surface area contributed by atoms with Crippen molar-refractivity contribution in [1.29, 1.82) is 0 Å². The molecule has 0 aliphatic heterocycles. The Hall–Kier alpha value is -1.41. The third-order valence-electron chi connectivity index (χ3n) is 9.16. The molecule has 0 spiro atoms. The van der Waals surface area contributed by atoms with E-state index in [9.17, 15) is 44.6 Å². The standard InChI is InChI=1S/C37H69O13P/c1-3-4-5-6-7-8-9-10-11-12-13-14-15-16-17-18-19-20-21-22-23-24-25-26-31(39)49-30(27-47-29(2)38)28-48-51(45,46)50-37-35(43)33(41)32(40)34(42)36(37)44/h12-13,30,32-37,40-44H,3-11,14-28H2,1-2H3,(H,45,46)/b13-12-. The Morgan fingerprint density at radius 2 is 1.04 bits per heavy atom. The normalized spacial score (nSPS) is 24.0. The lowest BCUT2D eigenvalue weighted by Crippen LogP contribution is -2.64. The third kappa shape index (κ3) is 23.1. The molecular weight excluding hydrogens is 683 g/mol. The minimum absolute atomic E-state index is 0.0940. The van der Waals surface area contributed by atoms with Gasteiger partial charge in [-0.25, -0.2) is 4.57 Å². The summed E-state index contributed by atoms with van der Waals surface area (Å²) in [5, 5.41) is 49.4. The van der Waals surface area contributed by atoms with E-state index in [1.807, 2.05) is 0 Å². The number of rotatable bonds is 31. The van der Waals surface area contributed by atoms with Crippen molar-refractivity contribution < 1.29 is 63.1 Å². The lowest BCUT2D eigenvalue weighted by Gasteiger charge is -2.41. The molecule has 0 aromatic rings. The second kappa shape index (κ2) is 29.0. The maximum Gasteiger partial charge on any atom is 0.472 e. The summed E-state index contributed by atoms with van der Waals surface area (Å²) in [7, 11) is -5.07. The molecule has 13 nitrogen and oxygen atoms in total. The second-order valence-corrected chi connectivity index (χ2v) is 15.3. The molecule has 0 radical (unpaired) electrons. The van der Waals surface area contributed by atoms with Crippen LogP contribution in [0.25, 0.3) is 0 Å². The van der Waals surface area contributed by atoms with Gasteiger partial charge in [-0.1, -0.05) is 122 Å². The van der Waals surface area contributed by atoms with Crippen molar-refractivity contribution in [3.8, 4) is 0 Å². The van der Waals surface area contributed by atoms with Crippen molar-refractivity contribution in [2.24, 2.45) is 0 Å². The predicted molar refractivity (Wildman–Crippen MR) is 194 cm³/mol. The van der Waals surface area contributed by atoms with Gasteiger partial charge in [0.25, 0.3) is 0 Å². The van der Waals surface area contributed by atoms with Crippen LogP contribution in [0.1, 0.15) is 155 Å². The number of carbonyl (C=O) groups is 2. The topological polar surface area (TPSA) is 210 Å². The van der Waals surface area contributed by atoms with Crippen LogP contribution in [0.2, 0.25) is 0 Å². The van der Waals surface area contributed by atoms with Crippen molar-refractivity contribution >= 4 is 19.8 Å². The highest BCUT2D eigenvalue weighted by molar-refractivity contribution is 7.47. The SMILES string of the molecule is CCCCCCCCCC/C=C\CCCCCCCCCCCCCC(=O)OC(COC(C)=O)COP(=O)(O)OC1C(O)C(O)C(O)C(O)C1O. The Morgan fingerprint density at radius 1 is 0.627 bits per heavy atom. The van der Waals surface area contributed by atoms with Gasteiger partial charge >= 0.3 is 19.8 Å². The Labute approximate surface area is 305 Å². The van der Waals surface area contributed by atoms with Gasteiger partial charge in [-0.05, 0) is 32.1 Å². The van der Waals surface area contributed by atoms with Gasteiger partial charge in [0, 0.05) is 13.3 Å². The fraction of sp³-hybridized carbons (Fsp3) is 0.892. The fourth-order valence-electron chi connectivity index (χ4n) is 6.01. The molecule has 1 aliphatic rings. The molecule has 0 bridgehead atoms. The van der Waals surface area contributed by atoms with Gasteiger partial charge in [-0.3, -0.25) is 18.6 Å². The van der Waals surface area contributed by atoms with Crippen molar-refractivity contribution in [2.45, 2.75) is 198 Å². The van der Waals surface area contributed by atoms with Crippen LogP contribution in [-0.4, -0.2) is 98.3 Å². The summed E-state index contributed by atoms with van der Waals surface area (Å²) in [6.07, 6.45) is 17.2. The number of aliphatic hydroxyl groups is 5. The molecule has 0 aromatic carbocycles. The number of hydrogen-bond acceptors (Lipinski definition) is 12. The van der Waals surface area contributed by atoms with Crippen LogP contribution in [0, 0.1) is 0 Å². The van der Waals surface area contributed by atoms with E-state index in [1.54, 1.807) is 0 Å². The summed E-state index contributed by atoms with van der Waals surface area (Å²) in [5.74, 6) is -1.29. The highest BCUT2D eigenvalue weighted by Crippen LogP contribution is 2.47. The Morgan fingerprint density at radius 3 is 1.49 bits per heavy atom. The molecule has 1 saturated carbocycles. The molecule has 1 rings (SSSR count). The van der Waals surface area contributed by atoms with Crippen LogP contribution < -0.4 is 0 Å². The van der Waals surface area contributed by atoms with E-state index >= 15 is 0 Å². The number of phosphoric acid groups is 1. The van der Waals surface area contributed by atoms with Crippen LogP contribution >= 0.6 is 7.82 Å². The summed E-state index contributed by atoms with van der Waals surface area (Å²) < 4.78 is 32.2.